The first-order chi connectivity index (χ1) is 8.06. The summed E-state index contributed by atoms with van der Waals surface area (Å²) in [6.07, 6.45) is 0. The maximum Gasteiger partial charge on any atom is 0.338 e. The number of hydrogen-bond donors (Lipinski definition) is 0. The predicted molar refractivity (Wildman–Crippen MR) is 68.3 cm³/mol. The van der Waals surface area contributed by atoms with Gasteiger partial charge in [0.25, 0.3) is 0 Å². The average molecular weight is 295 g/mol. The Morgan fingerprint density at radius 2 is 2.06 bits per heavy atom. The first-order valence-electron chi connectivity index (χ1n) is 5.29. The minimum atomic E-state index is -0.362. The van der Waals surface area contributed by atoms with Gasteiger partial charge in [-0.15, -0.1) is 0 Å². The zero-order chi connectivity index (χ0) is 12.6. The van der Waals surface area contributed by atoms with Crippen LogP contribution in [0.25, 0.3) is 5.57 Å². The molecule has 88 valence electrons. The quantitative estimate of drug-likeness (QED) is 0.787. The number of fused-ring (bicyclic) bond motifs is 1. The topological polar surface area (TPSA) is 43.4 Å². The molecule has 0 fully saturated rings. The van der Waals surface area contributed by atoms with Crippen LogP contribution >= 0.6 is 15.9 Å². The van der Waals surface area contributed by atoms with E-state index in [9.17, 15) is 9.59 Å². The minimum absolute atomic E-state index is 0.0343. The van der Waals surface area contributed by atoms with E-state index in [0.29, 0.717) is 22.2 Å². The van der Waals surface area contributed by atoms with Crippen molar-refractivity contribution in [2.75, 3.05) is 6.61 Å². The molecule has 0 amide bonds. The van der Waals surface area contributed by atoms with E-state index in [1.54, 1.807) is 25.1 Å². The third kappa shape index (κ3) is 1.93. The smallest absolute Gasteiger partial charge is 0.338 e. The van der Waals surface area contributed by atoms with Crippen LogP contribution in [0.15, 0.2) is 22.7 Å². The minimum Gasteiger partial charge on any atom is -0.462 e. The maximum absolute atomic E-state index is 11.8. The lowest BCUT2D eigenvalue weighted by molar-refractivity contribution is 0.0526. The van der Waals surface area contributed by atoms with Crippen LogP contribution in [0.3, 0.4) is 0 Å². The van der Waals surface area contributed by atoms with Crippen molar-refractivity contribution in [2.45, 2.75) is 13.8 Å². The van der Waals surface area contributed by atoms with Gasteiger partial charge >= 0.3 is 5.97 Å². The molecule has 0 atom stereocenters. The molecule has 0 heterocycles. The molecule has 0 radical (unpaired) electrons. The first-order valence-corrected chi connectivity index (χ1v) is 6.08. The second-order valence-electron chi connectivity index (χ2n) is 3.75. The van der Waals surface area contributed by atoms with Gasteiger partial charge in [0.2, 0.25) is 5.78 Å². The van der Waals surface area contributed by atoms with Crippen LogP contribution in [-0.4, -0.2) is 18.4 Å². The second-order valence-corrected chi connectivity index (χ2v) is 4.54. The van der Waals surface area contributed by atoms with Gasteiger partial charge in [0, 0.05) is 5.56 Å². The van der Waals surface area contributed by atoms with Crippen LogP contribution in [0.1, 0.15) is 40.1 Å². The Bertz CT molecular complexity index is 544. The van der Waals surface area contributed by atoms with Crippen molar-refractivity contribution in [3.8, 4) is 0 Å². The highest BCUT2D eigenvalue weighted by Gasteiger charge is 2.26. The lowest BCUT2D eigenvalue weighted by Crippen LogP contribution is -2.05. The molecule has 1 aromatic carbocycles. The van der Waals surface area contributed by atoms with Crippen LogP contribution in [0.5, 0.6) is 0 Å². The van der Waals surface area contributed by atoms with Gasteiger partial charge in [0.1, 0.15) is 0 Å². The molecule has 2 rings (SSSR count). The lowest BCUT2D eigenvalue weighted by Gasteiger charge is -2.04. The third-order valence-electron chi connectivity index (χ3n) is 2.71. The van der Waals surface area contributed by atoms with E-state index in [1.165, 1.54) is 0 Å². The fourth-order valence-electron chi connectivity index (χ4n) is 1.80. The number of benzene rings is 1. The Kier molecular flexibility index (Phi) is 3.15. The molecular formula is C13H11BrO3. The van der Waals surface area contributed by atoms with Crippen LogP contribution in [0, 0.1) is 0 Å². The molecule has 0 saturated carbocycles. The zero-order valence-corrected chi connectivity index (χ0v) is 11.1. The summed E-state index contributed by atoms with van der Waals surface area (Å²) in [4.78, 5) is 23.4. The summed E-state index contributed by atoms with van der Waals surface area (Å²) in [6, 6.07) is 4.99. The van der Waals surface area contributed by atoms with Crippen LogP contribution in [0.2, 0.25) is 0 Å². The molecule has 0 N–H and O–H groups in total. The average Bonchev–Trinajstić information content (AvgIpc) is 2.55. The number of carbonyl (C=O) groups is 2. The number of esters is 1. The standard InChI is InChI=1S/C13H11BrO3/c1-3-17-13(16)8-4-5-9-10(6-8)7(2)11(14)12(9)15/h4-6H,3H2,1-2H3. The second kappa shape index (κ2) is 4.45. The van der Waals surface area contributed by atoms with E-state index in [2.05, 4.69) is 15.9 Å². The molecule has 0 aromatic heterocycles. The van der Waals surface area contributed by atoms with Crippen molar-refractivity contribution in [1.29, 1.82) is 0 Å². The number of halogens is 1. The fraction of sp³-hybridized carbons (Fsp3) is 0.231. The van der Waals surface area contributed by atoms with Gasteiger partial charge in [-0.25, -0.2) is 4.79 Å². The Balaban J connectivity index is 2.46. The number of ether oxygens (including phenoxy) is 1. The SMILES string of the molecule is CCOC(=O)c1ccc2c(c1)C(C)=C(Br)C2=O. The van der Waals surface area contributed by atoms with Gasteiger partial charge in [0.05, 0.1) is 16.7 Å². The van der Waals surface area contributed by atoms with Crippen LogP contribution in [0.4, 0.5) is 0 Å². The number of ketones is 1. The maximum atomic E-state index is 11.8. The third-order valence-corrected chi connectivity index (χ3v) is 3.66. The molecule has 3 nitrogen and oxygen atoms in total. The molecule has 0 unspecified atom stereocenters. The summed E-state index contributed by atoms with van der Waals surface area (Å²) in [5.41, 5.74) is 2.76. The number of allylic oxidation sites excluding steroid dienone is 2. The first kappa shape index (κ1) is 12.0. The van der Waals surface area contributed by atoms with Crippen LogP contribution in [-0.2, 0) is 4.74 Å². The largest absolute Gasteiger partial charge is 0.462 e. The van der Waals surface area contributed by atoms with E-state index in [0.717, 1.165) is 11.1 Å². The van der Waals surface area contributed by atoms with Crippen molar-refractivity contribution in [1.82, 2.24) is 0 Å². The van der Waals surface area contributed by atoms with E-state index in [1.807, 2.05) is 6.92 Å². The molecule has 1 aliphatic carbocycles. The van der Waals surface area contributed by atoms with E-state index >= 15 is 0 Å². The number of Topliss-reactive ketones (excluding diaryl/α,β-unsaturated/α-hetero) is 1. The molecule has 1 aromatic rings. The number of carbonyl (C=O) groups excluding carboxylic acids is 2. The fourth-order valence-corrected chi connectivity index (χ4v) is 2.23. The Morgan fingerprint density at radius 3 is 2.71 bits per heavy atom. The van der Waals surface area contributed by atoms with Gasteiger partial charge in [0.15, 0.2) is 0 Å². The monoisotopic (exact) mass is 294 g/mol. The number of rotatable bonds is 2. The molecule has 0 bridgehead atoms. The van der Waals surface area contributed by atoms with Gasteiger partial charge < -0.3 is 4.74 Å². The van der Waals surface area contributed by atoms with E-state index in [-0.39, 0.29) is 11.8 Å². The van der Waals surface area contributed by atoms with E-state index < -0.39 is 0 Å². The summed E-state index contributed by atoms with van der Waals surface area (Å²) >= 11 is 3.26. The molecule has 1 aliphatic rings. The van der Waals surface area contributed by atoms with E-state index in [4.69, 9.17) is 4.74 Å². The molecule has 0 spiro atoms. The van der Waals surface area contributed by atoms with Gasteiger partial charge in [-0.1, -0.05) is 0 Å². The summed E-state index contributed by atoms with van der Waals surface area (Å²) in [7, 11) is 0. The highest BCUT2D eigenvalue weighted by atomic mass is 79.9. The summed E-state index contributed by atoms with van der Waals surface area (Å²) in [6.45, 7) is 3.95. The van der Waals surface area contributed by atoms with Crippen molar-refractivity contribution < 1.29 is 14.3 Å². The van der Waals surface area contributed by atoms with Crippen molar-refractivity contribution in [3.63, 3.8) is 0 Å². The summed E-state index contributed by atoms with van der Waals surface area (Å²) < 4.78 is 5.49. The van der Waals surface area contributed by atoms with Crippen LogP contribution < -0.4 is 0 Å². The summed E-state index contributed by atoms with van der Waals surface area (Å²) in [5.74, 6) is -0.397. The lowest BCUT2D eigenvalue weighted by atomic mass is 10.0. The number of hydrogen-bond acceptors (Lipinski definition) is 3. The van der Waals surface area contributed by atoms with Crippen molar-refractivity contribution in [2.24, 2.45) is 0 Å². The molecule has 0 aliphatic heterocycles. The molecule has 0 saturated heterocycles. The Labute approximate surface area is 108 Å². The zero-order valence-electron chi connectivity index (χ0n) is 9.54. The Morgan fingerprint density at radius 1 is 1.35 bits per heavy atom. The molecule has 4 heteroatoms. The molecular weight excluding hydrogens is 284 g/mol. The summed E-state index contributed by atoms with van der Waals surface area (Å²) in [5, 5.41) is 0. The normalized spacial score (nSPS) is 13.9. The van der Waals surface area contributed by atoms with Gasteiger partial charge in [-0.3, -0.25) is 4.79 Å². The van der Waals surface area contributed by atoms with Gasteiger partial charge in [-0.2, -0.15) is 0 Å². The predicted octanol–water partition coefficient (Wildman–Crippen LogP) is 3.19. The highest BCUT2D eigenvalue weighted by Crippen LogP contribution is 2.36. The Hall–Kier alpha value is -1.42. The van der Waals surface area contributed by atoms with Crippen molar-refractivity contribution >= 4 is 33.3 Å². The molecule has 17 heavy (non-hydrogen) atoms. The highest BCUT2D eigenvalue weighted by molar-refractivity contribution is 9.12. The van der Waals surface area contributed by atoms with Crippen molar-refractivity contribution in [3.05, 3.63) is 39.4 Å². The van der Waals surface area contributed by atoms with Gasteiger partial charge in [-0.05, 0) is 59.1 Å².